The number of hydrogen-bond acceptors (Lipinski definition) is 6. The molecule has 7 nitrogen and oxygen atoms in total. The molecule has 0 saturated carbocycles. The van der Waals surface area contributed by atoms with E-state index in [9.17, 15) is 14.9 Å². The number of nitrogens with one attached hydrogen (secondary N) is 1. The molecule has 0 saturated heterocycles. The molecule has 2 aromatic carbocycles. The van der Waals surface area contributed by atoms with Gasteiger partial charge in [0.2, 0.25) is 0 Å². The van der Waals surface area contributed by atoms with Crippen molar-refractivity contribution in [2.45, 2.75) is 46.6 Å². The number of esters is 1. The Morgan fingerprint density at radius 2 is 1.79 bits per heavy atom. The highest BCUT2D eigenvalue weighted by molar-refractivity contribution is 6.01. The lowest BCUT2D eigenvalue weighted by Crippen LogP contribution is -2.30. The number of carbonyl (C=O) groups is 2. The normalized spacial score (nSPS) is 11.2. The van der Waals surface area contributed by atoms with Gasteiger partial charge in [-0.2, -0.15) is 5.26 Å². The van der Waals surface area contributed by atoms with Gasteiger partial charge in [-0.1, -0.05) is 32.0 Å². The molecule has 0 unspecified atom stereocenters. The fourth-order valence-electron chi connectivity index (χ4n) is 3.05. The molecule has 2 aromatic rings. The first kappa shape index (κ1) is 25.5. The first-order valence-electron chi connectivity index (χ1n) is 10.7. The van der Waals surface area contributed by atoms with Gasteiger partial charge in [-0.15, -0.1) is 0 Å². The van der Waals surface area contributed by atoms with Crippen LogP contribution in [-0.2, 0) is 9.59 Å². The zero-order valence-electron chi connectivity index (χ0n) is 19.9. The van der Waals surface area contributed by atoms with Crippen molar-refractivity contribution in [2.75, 3.05) is 13.7 Å². The SMILES string of the molecule is COc1cc(/C=C(\C#N)C(=O)NC(C)C)ccc1OC(=O)COc1cc(C)ccc1C(C)C. The number of hydrogen-bond donors (Lipinski definition) is 1. The average molecular weight is 451 g/mol. The van der Waals surface area contributed by atoms with Crippen LogP contribution < -0.4 is 19.5 Å². The number of ether oxygens (including phenoxy) is 3. The summed E-state index contributed by atoms with van der Waals surface area (Å²) in [4.78, 5) is 24.5. The van der Waals surface area contributed by atoms with E-state index in [2.05, 4.69) is 19.2 Å². The Kier molecular flexibility index (Phi) is 9.05. The third-order valence-electron chi connectivity index (χ3n) is 4.64. The molecule has 0 fully saturated rings. The highest BCUT2D eigenvalue weighted by Crippen LogP contribution is 2.30. The van der Waals surface area contributed by atoms with E-state index in [1.807, 2.05) is 45.0 Å². The van der Waals surface area contributed by atoms with E-state index in [4.69, 9.17) is 14.2 Å². The summed E-state index contributed by atoms with van der Waals surface area (Å²) in [5, 5.41) is 12.0. The Hall–Kier alpha value is -3.79. The largest absolute Gasteiger partial charge is 0.493 e. The quantitative estimate of drug-likeness (QED) is 0.261. The summed E-state index contributed by atoms with van der Waals surface area (Å²) >= 11 is 0. The first-order valence-corrected chi connectivity index (χ1v) is 10.7. The second-order valence-electron chi connectivity index (χ2n) is 8.17. The van der Waals surface area contributed by atoms with E-state index in [0.29, 0.717) is 11.3 Å². The molecule has 174 valence electrons. The van der Waals surface area contributed by atoms with Crippen LogP contribution in [0.4, 0.5) is 0 Å². The van der Waals surface area contributed by atoms with Crippen molar-refractivity contribution in [3.05, 3.63) is 58.7 Å². The number of aryl methyl sites for hydroxylation is 1. The zero-order chi connectivity index (χ0) is 24.5. The molecule has 33 heavy (non-hydrogen) atoms. The molecule has 0 heterocycles. The maximum atomic E-state index is 12.4. The molecule has 0 aromatic heterocycles. The second-order valence-corrected chi connectivity index (χ2v) is 8.17. The fraction of sp³-hybridized carbons (Fsp3) is 0.346. The van der Waals surface area contributed by atoms with Crippen molar-refractivity contribution in [2.24, 2.45) is 0 Å². The van der Waals surface area contributed by atoms with Crippen molar-refractivity contribution in [3.8, 4) is 23.3 Å². The first-order chi connectivity index (χ1) is 15.6. The molecule has 1 N–H and O–H groups in total. The summed E-state index contributed by atoms with van der Waals surface area (Å²) < 4.78 is 16.5. The van der Waals surface area contributed by atoms with Crippen LogP contribution in [0.3, 0.4) is 0 Å². The minimum Gasteiger partial charge on any atom is -0.493 e. The van der Waals surface area contributed by atoms with Crippen LogP contribution in [0, 0.1) is 18.3 Å². The van der Waals surface area contributed by atoms with Crippen LogP contribution in [0.25, 0.3) is 6.08 Å². The van der Waals surface area contributed by atoms with E-state index in [0.717, 1.165) is 11.1 Å². The van der Waals surface area contributed by atoms with Crippen LogP contribution >= 0.6 is 0 Å². The number of methoxy groups -OCH3 is 1. The number of nitriles is 1. The average Bonchev–Trinajstić information content (AvgIpc) is 2.76. The summed E-state index contributed by atoms with van der Waals surface area (Å²) in [6.45, 7) is 9.43. The van der Waals surface area contributed by atoms with Gasteiger partial charge < -0.3 is 19.5 Å². The van der Waals surface area contributed by atoms with Gasteiger partial charge in [-0.3, -0.25) is 4.79 Å². The Morgan fingerprint density at radius 3 is 2.39 bits per heavy atom. The van der Waals surface area contributed by atoms with Crippen LogP contribution in [0.1, 0.15) is 50.3 Å². The summed E-state index contributed by atoms with van der Waals surface area (Å²) in [7, 11) is 1.44. The van der Waals surface area contributed by atoms with Gasteiger partial charge in [0.25, 0.3) is 5.91 Å². The second kappa shape index (κ2) is 11.7. The van der Waals surface area contributed by atoms with Gasteiger partial charge in [0.1, 0.15) is 17.4 Å². The number of carbonyl (C=O) groups excluding carboxylic acids is 2. The molecule has 0 aliphatic carbocycles. The molecule has 0 aliphatic heterocycles. The molecular formula is C26H30N2O5. The van der Waals surface area contributed by atoms with E-state index in [1.165, 1.54) is 13.2 Å². The molecule has 0 aliphatic rings. The van der Waals surface area contributed by atoms with Gasteiger partial charge in [0.05, 0.1) is 7.11 Å². The van der Waals surface area contributed by atoms with Gasteiger partial charge >= 0.3 is 5.97 Å². The van der Waals surface area contributed by atoms with Crippen molar-refractivity contribution in [1.29, 1.82) is 5.26 Å². The van der Waals surface area contributed by atoms with Gasteiger partial charge in [0.15, 0.2) is 18.1 Å². The highest BCUT2D eigenvalue weighted by Gasteiger charge is 2.15. The van der Waals surface area contributed by atoms with Crippen LogP contribution in [0.2, 0.25) is 0 Å². The Morgan fingerprint density at radius 1 is 1.06 bits per heavy atom. The molecule has 0 spiro atoms. The minimum absolute atomic E-state index is 0.0389. The van der Waals surface area contributed by atoms with Gasteiger partial charge in [0, 0.05) is 6.04 Å². The lowest BCUT2D eigenvalue weighted by Gasteiger charge is -2.15. The molecule has 7 heteroatoms. The predicted molar refractivity (Wildman–Crippen MR) is 126 cm³/mol. The van der Waals surface area contributed by atoms with Gasteiger partial charge in [-0.25, -0.2) is 4.79 Å². The molecule has 0 radical (unpaired) electrons. The lowest BCUT2D eigenvalue weighted by atomic mass is 10.0. The number of rotatable bonds is 9. The maximum absolute atomic E-state index is 12.4. The summed E-state index contributed by atoms with van der Waals surface area (Å²) in [6, 6.07) is 12.5. The summed E-state index contributed by atoms with van der Waals surface area (Å²) in [6.07, 6.45) is 1.44. The Balaban J connectivity index is 2.13. The molecular weight excluding hydrogens is 420 g/mol. The zero-order valence-corrected chi connectivity index (χ0v) is 19.9. The monoisotopic (exact) mass is 450 g/mol. The fourth-order valence-corrected chi connectivity index (χ4v) is 3.05. The molecule has 2 rings (SSSR count). The van der Waals surface area contributed by atoms with Crippen LogP contribution in [0.15, 0.2) is 42.0 Å². The maximum Gasteiger partial charge on any atom is 0.349 e. The van der Waals surface area contributed by atoms with Gasteiger partial charge in [-0.05, 0) is 67.7 Å². The number of benzene rings is 2. The Labute approximate surface area is 195 Å². The summed E-state index contributed by atoms with van der Waals surface area (Å²) in [5.41, 5.74) is 2.56. The molecule has 0 bridgehead atoms. The standard InChI is InChI=1S/C26H30N2O5/c1-16(2)21-9-7-18(5)11-23(21)32-15-25(29)33-22-10-8-19(13-24(22)31-6)12-20(14-27)26(30)28-17(3)4/h7-13,16-17H,15H2,1-6H3,(H,28,30)/b20-12+. The number of amides is 1. The van der Waals surface area contributed by atoms with E-state index < -0.39 is 11.9 Å². The predicted octanol–water partition coefficient (Wildman–Crippen LogP) is 4.54. The minimum atomic E-state index is -0.582. The topological polar surface area (TPSA) is 97.6 Å². The lowest BCUT2D eigenvalue weighted by molar-refractivity contribution is -0.136. The van der Waals surface area contributed by atoms with E-state index in [-0.39, 0.29) is 35.6 Å². The number of nitrogens with zero attached hydrogens (tertiary/aromatic N) is 1. The molecule has 0 atom stereocenters. The third kappa shape index (κ3) is 7.39. The van der Waals surface area contributed by atoms with E-state index >= 15 is 0 Å². The Bertz CT molecular complexity index is 1080. The highest BCUT2D eigenvalue weighted by atomic mass is 16.6. The van der Waals surface area contributed by atoms with Crippen LogP contribution in [0.5, 0.6) is 17.2 Å². The smallest absolute Gasteiger partial charge is 0.349 e. The van der Waals surface area contributed by atoms with Crippen molar-refractivity contribution in [3.63, 3.8) is 0 Å². The van der Waals surface area contributed by atoms with Crippen molar-refractivity contribution in [1.82, 2.24) is 5.32 Å². The van der Waals surface area contributed by atoms with E-state index in [1.54, 1.807) is 18.2 Å². The van der Waals surface area contributed by atoms with Crippen molar-refractivity contribution < 1.29 is 23.8 Å². The van der Waals surface area contributed by atoms with Crippen molar-refractivity contribution >= 4 is 18.0 Å². The third-order valence-corrected chi connectivity index (χ3v) is 4.64. The summed E-state index contributed by atoms with van der Waals surface area (Å²) in [5.74, 6) is 0.355. The molecule has 1 amide bonds. The van der Waals surface area contributed by atoms with Crippen LogP contribution in [-0.4, -0.2) is 31.6 Å².